The summed E-state index contributed by atoms with van der Waals surface area (Å²) >= 11 is 1.65. The quantitative estimate of drug-likeness (QED) is 0.604. The first-order valence-electron chi connectivity index (χ1n) is 9.81. The average Bonchev–Trinajstić information content (AvgIpc) is 3.02. The number of rotatable bonds is 3. The molecule has 0 N–H and O–H groups in total. The topological polar surface area (TPSA) is 25.2 Å². The van der Waals surface area contributed by atoms with Crippen molar-refractivity contribution in [2.45, 2.75) is 43.7 Å². The van der Waals surface area contributed by atoms with Gasteiger partial charge in [0.1, 0.15) is 0 Å². The van der Waals surface area contributed by atoms with Gasteiger partial charge >= 0.3 is 0 Å². The molecule has 0 radical (unpaired) electrons. The molecule has 2 aromatic carbocycles. The van der Waals surface area contributed by atoms with Gasteiger partial charge in [-0.25, -0.2) is 0 Å². The summed E-state index contributed by atoms with van der Waals surface area (Å²) in [4.78, 5) is 16.4. The molecule has 1 aliphatic heterocycles. The Hall–Kier alpha value is -2.20. The summed E-state index contributed by atoms with van der Waals surface area (Å²) in [7, 11) is 0. The summed E-state index contributed by atoms with van der Waals surface area (Å²) in [6.07, 6.45) is 3.39. The molecule has 2 aliphatic rings. The predicted molar refractivity (Wildman–Crippen MR) is 111 cm³/mol. The lowest BCUT2D eigenvalue weighted by atomic mass is 9.89. The molecule has 4 heteroatoms. The van der Waals surface area contributed by atoms with Crippen molar-refractivity contribution in [3.63, 3.8) is 0 Å². The highest BCUT2D eigenvalue weighted by molar-refractivity contribution is 8.00. The zero-order chi connectivity index (χ0) is 18.4. The highest BCUT2D eigenvalue weighted by Gasteiger charge is 2.36. The van der Waals surface area contributed by atoms with Crippen LogP contribution in [0.4, 0.5) is 0 Å². The van der Waals surface area contributed by atoms with E-state index in [1.54, 1.807) is 11.8 Å². The number of carbonyl (C=O) groups is 1. The SMILES string of the molecule is Cc1ccc2c(c1)c1c3n2CCN(C(=O)CSc2ccccc2)C3CCC1. The number of benzene rings is 2. The monoisotopic (exact) mass is 376 g/mol. The Morgan fingerprint density at radius 3 is 2.85 bits per heavy atom. The second-order valence-corrected chi connectivity index (χ2v) is 8.68. The van der Waals surface area contributed by atoms with E-state index in [4.69, 9.17) is 0 Å². The van der Waals surface area contributed by atoms with E-state index in [-0.39, 0.29) is 11.9 Å². The molecular formula is C23H24N2OS. The number of aromatic nitrogens is 1. The zero-order valence-electron chi connectivity index (χ0n) is 15.6. The van der Waals surface area contributed by atoms with E-state index >= 15 is 0 Å². The van der Waals surface area contributed by atoms with E-state index in [0.29, 0.717) is 5.75 Å². The lowest BCUT2D eigenvalue weighted by molar-refractivity contribution is -0.132. The minimum Gasteiger partial charge on any atom is -0.341 e. The second-order valence-electron chi connectivity index (χ2n) is 7.63. The summed E-state index contributed by atoms with van der Waals surface area (Å²) in [6, 6.07) is 17.3. The van der Waals surface area contributed by atoms with Crippen LogP contribution in [0.3, 0.4) is 0 Å². The van der Waals surface area contributed by atoms with Gasteiger partial charge in [0, 0.05) is 34.6 Å². The molecule has 1 atom stereocenters. The van der Waals surface area contributed by atoms with Crippen molar-refractivity contribution >= 4 is 28.6 Å². The Bertz CT molecular complexity index is 1010. The van der Waals surface area contributed by atoms with Crippen LogP contribution in [0, 0.1) is 6.92 Å². The van der Waals surface area contributed by atoms with E-state index in [2.05, 4.69) is 46.7 Å². The molecule has 0 saturated carbocycles. The molecule has 0 bridgehead atoms. The molecule has 1 unspecified atom stereocenters. The van der Waals surface area contributed by atoms with Gasteiger partial charge in [0.05, 0.1) is 11.8 Å². The van der Waals surface area contributed by atoms with Gasteiger partial charge in [0.15, 0.2) is 0 Å². The van der Waals surface area contributed by atoms with Crippen LogP contribution in [0.1, 0.15) is 35.7 Å². The summed E-state index contributed by atoms with van der Waals surface area (Å²) < 4.78 is 2.49. The van der Waals surface area contributed by atoms with E-state index < -0.39 is 0 Å². The van der Waals surface area contributed by atoms with Crippen molar-refractivity contribution in [2.24, 2.45) is 0 Å². The Kier molecular flexibility index (Phi) is 4.24. The molecule has 0 saturated heterocycles. The third-order valence-electron chi connectivity index (χ3n) is 5.95. The van der Waals surface area contributed by atoms with Gasteiger partial charge in [-0.2, -0.15) is 0 Å². The first kappa shape index (κ1) is 16.9. The van der Waals surface area contributed by atoms with Crippen LogP contribution in [0.25, 0.3) is 10.9 Å². The van der Waals surface area contributed by atoms with Gasteiger partial charge in [-0.05, 0) is 56.0 Å². The van der Waals surface area contributed by atoms with Gasteiger partial charge in [-0.15, -0.1) is 11.8 Å². The standard InChI is InChI=1S/C23H24N2OS/c1-16-10-11-20-19(14-16)18-8-5-9-21-23(18)25(20)13-12-24(21)22(26)15-27-17-6-3-2-4-7-17/h2-4,6-7,10-11,14,21H,5,8-9,12-13,15H2,1H3. The normalized spacial score (nSPS) is 18.6. The fourth-order valence-electron chi connectivity index (χ4n) is 4.76. The van der Waals surface area contributed by atoms with E-state index in [9.17, 15) is 4.79 Å². The minimum absolute atomic E-state index is 0.249. The number of carbonyl (C=O) groups excluding carboxylic acids is 1. The third-order valence-corrected chi connectivity index (χ3v) is 6.95. The largest absolute Gasteiger partial charge is 0.341 e. The molecule has 3 aromatic rings. The predicted octanol–water partition coefficient (Wildman–Crippen LogP) is 4.96. The maximum Gasteiger partial charge on any atom is 0.233 e. The van der Waals surface area contributed by atoms with Gasteiger partial charge in [-0.1, -0.05) is 29.8 Å². The summed E-state index contributed by atoms with van der Waals surface area (Å²) in [5.74, 6) is 0.796. The first-order chi connectivity index (χ1) is 13.2. The summed E-state index contributed by atoms with van der Waals surface area (Å²) in [6.45, 7) is 3.90. The number of amides is 1. The van der Waals surface area contributed by atoms with Crippen LogP contribution in [0.2, 0.25) is 0 Å². The van der Waals surface area contributed by atoms with Crippen molar-refractivity contribution in [3.05, 3.63) is 65.4 Å². The molecular weight excluding hydrogens is 352 g/mol. The highest BCUT2D eigenvalue weighted by Crippen LogP contribution is 2.43. The van der Waals surface area contributed by atoms with Crippen molar-refractivity contribution in [2.75, 3.05) is 12.3 Å². The lowest BCUT2D eigenvalue weighted by Gasteiger charge is -2.40. The van der Waals surface area contributed by atoms with Crippen LogP contribution in [0.15, 0.2) is 53.4 Å². The number of thioether (sulfide) groups is 1. The summed E-state index contributed by atoms with van der Waals surface area (Å²) in [5, 5.41) is 1.41. The van der Waals surface area contributed by atoms with Crippen LogP contribution < -0.4 is 0 Å². The Balaban J connectivity index is 1.45. The molecule has 27 heavy (non-hydrogen) atoms. The third kappa shape index (κ3) is 2.87. The van der Waals surface area contributed by atoms with Crippen LogP contribution in [-0.2, 0) is 17.8 Å². The van der Waals surface area contributed by atoms with Crippen molar-refractivity contribution < 1.29 is 4.79 Å². The Morgan fingerprint density at radius 2 is 2.00 bits per heavy atom. The second kappa shape index (κ2) is 6.75. The van der Waals surface area contributed by atoms with Crippen molar-refractivity contribution in [3.8, 4) is 0 Å². The summed E-state index contributed by atoms with van der Waals surface area (Å²) in [5.41, 5.74) is 5.56. The number of aryl methyl sites for hydroxylation is 2. The minimum atomic E-state index is 0.249. The maximum atomic E-state index is 13.1. The van der Waals surface area contributed by atoms with E-state index in [0.717, 1.165) is 30.8 Å². The zero-order valence-corrected chi connectivity index (χ0v) is 16.5. The fraction of sp³-hybridized carbons (Fsp3) is 0.348. The smallest absolute Gasteiger partial charge is 0.233 e. The number of hydrogen-bond donors (Lipinski definition) is 0. The molecule has 5 rings (SSSR count). The van der Waals surface area contributed by atoms with Gasteiger partial charge in [0.25, 0.3) is 0 Å². The molecule has 1 aromatic heterocycles. The van der Waals surface area contributed by atoms with E-state index in [1.807, 2.05) is 18.2 Å². The molecule has 0 spiro atoms. The van der Waals surface area contributed by atoms with Gasteiger partial charge in [-0.3, -0.25) is 4.79 Å². The Labute approximate surface area is 164 Å². The highest BCUT2D eigenvalue weighted by atomic mass is 32.2. The van der Waals surface area contributed by atoms with Crippen molar-refractivity contribution in [1.82, 2.24) is 9.47 Å². The fourth-order valence-corrected chi connectivity index (χ4v) is 5.57. The number of hydrogen-bond acceptors (Lipinski definition) is 2. The number of nitrogens with zero attached hydrogens (tertiary/aromatic N) is 2. The van der Waals surface area contributed by atoms with Gasteiger partial charge in [0.2, 0.25) is 5.91 Å². The average molecular weight is 377 g/mol. The lowest BCUT2D eigenvalue weighted by Crippen LogP contribution is -2.44. The Morgan fingerprint density at radius 1 is 1.15 bits per heavy atom. The molecule has 3 nitrogen and oxygen atoms in total. The molecule has 1 aliphatic carbocycles. The molecule has 138 valence electrons. The molecule has 2 heterocycles. The molecule has 0 fully saturated rings. The van der Waals surface area contributed by atoms with Crippen LogP contribution >= 0.6 is 11.8 Å². The van der Waals surface area contributed by atoms with Crippen molar-refractivity contribution in [1.29, 1.82) is 0 Å². The number of fused-ring (bicyclic) bond motifs is 3. The van der Waals surface area contributed by atoms with Crippen LogP contribution in [-0.4, -0.2) is 27.7 Å². The maximum absolute atomic E-state index is 13.1. The first-order valence-corrected chi connectivity index (χ1v) is 10.8. The van der Waals surface area contributed by atoms with Crippen LogP contribution in [0.5, 0.6) is 0 Å². The van der Waals surface area contributed by atoms with E-state index in [1.165, 1.54) is 34.1 Å². The van der Waals surface area contributed by atoms with Gasteiger partial charge < -0.3 is 9.47 Å². The molecule has 1 amide bonds.